The number of fused-ring (bicyclic) bond motifs is 3. The molecular formula is C23H16F3N3O4S. The molecule has 0 bridgehead atoms. The average molecular weight is 487 g/mol. The third-order valence-corrected chi connectivity index (χ3v) is 6.83. The molecule has 5 rings (SSSR count). The Bertz CT molecular complexity index is 1490. The summed E-state index contributed by atoms with van der Waals surface area (Å²) in [5.74, 6) is 0.120. The van der Waals surface area contributed by atoms with Gasteiger partial charge in [0, 0.05) is 16.5 Å². The van der Waals surface area contributed by atoms with Gasteiger partial charge in [-0.05, 0) is 55.5 Å². The highest BCUT2D eigenvalue weighted by Gasteiger charge is 2.33. The van der Waals surface area contributed by atoms with Gasteiger partial charge in [-0.2, -0.15) is 13.2 Å². The molecule has 11 heteroatoms. The summed E-state index contributed by atoms with van der Waals surface area (Å²) in [6.07, 6.45) is -0.814. The Kier molecular flexibility index (Phi) is 5.35. The quantitative estimate of drug-likeness (QED) is 0.271. The van der Waals surface area contributed by atoms with Crippen molar-refractivity contribution in [2.45, 2.75) is 31.9 Å². The summed E-state index contributed by atoms with van der Waals surface area (Å²) in [5, 5.41) is 12.0. The molecule has 0 radical (unpaired) electrons. The first-order valence-electron chi connectivity index (χ1n) is 10.4. The van der Waals surface area contributed by atoms with Crippen LogP contribution in [-0.2, 0) is 19.0 Å². The van der Waals surface area contributed by atoms with Crippen LogP contribution in [0.3, 0.4) is 0 Å². The van der Waals surface area contributed by atoms with Crippen molar-refractivity contribution in [3.05, 3.63) is 78.9 Å². The number of thiophene rings is 1. The molecule has 0 spiro atoms. The lowest BCUT2D eigenvalue weighted by molar-refractivity contribution is -0.385. The fourth-order valence-corrected chi connectivity index (χ4v) is 5.32. The third kappa shape index (κ3) is 4.03. The molecule has 34 heavy (non-hydrogen) atoms. The average Bonchev–Trinajstić information content (AvgIpc) is 3.17. The zero-order chi connectivity index (χ0) is 24.0. The molecule has 0 amide bonds. The minimum absolute atomic E-state index is 0.147. The van der Waals surface area contributed by atoms with E-state index in [4.69, 9.17) is 4.74 Å². The number of hydrogen-bond acceptors (Lipinski definition) is 6. The molecule has 4 aromatic rings. The number of aromatic amines is 1. The van der Waals surface area contributed by atoms with Gasteiger partial charge in [0.1, 0.15) is 16.4 Å². The number of rotatable bonds is 4. The van der Waals surface area contributed by atoms with Gasteiger partial charge in [0.2, 0.25) is 5.75 Å². The molecule has 0 saturated heterocycles. The number of nitro benzene ring substituents is 1. The van der Waals surface area contributed by atoms with Crippen molar-refractivity contribution in [2.24, 2.45) is 0 Å². The van der Waals surface area contributed by atoms with Crippen LogP contribution >= 0.6 is 11.3 Å². The van der Waals surface area contributed by atoms with Crippen LogP contribution < -0.4 is 10.3 Å². The number of aryl methyl sites for hydroxylation is 2. The van der Waals surface area contributed by atoms with Gasteiger partial charge in [-0.15, -0.1) is 11.3 Å². The van der Waals surface area contributed by atoms with E-state index < -0.39 is 22.4 Å². The van der Waals surface area contributed by atoms with Crippen molar-refractivity contribution in [3.63, 3.8) is 0 Å². The number of halogens is 3. The SMILES string of the molecule is O=c1[nH]c(-c2cccc(Oc3ccc(C(F)(F)F)cc3[N+](=O)[O-])c2)nc2sc3c(c12)CCCC3. The van der Waals surface area contributed by atoms with Crippen LogP contribution in [0, 0.1) is 10.1 Å². The Morgan fingerprint density at radius 3 is 2.68 bits per heavy atom. The fraction of sp³-hybridized carbons (Fsp3) is 0.217. The van der Waals surface area contributed by atoms with E-state index in [0.29, 0.717) is 27.7 Å². The first-order valence-corrected chi connectivity index (χ1v) is 11.2. The number of hydrogen-bond donors (Lipinski definition) is 1. The van der Waals surface area contributed by atoms with E-state index in [2.05, 4.69) is 9.97 Å². The number of nitrogens with zero attached hydrogens (tertiary/aromatic N) is 2. The lowest BCUT2D eigenvalue weighted by atomic mass is 9.97. The molecule has 0 saturated carbocycles. The highest BCUT2D eigenvalue weighted by atomic mass is 32.1. The molecule has 0 unspecified atom stereocenters. The third-order valence-electron chi connectivity index (χ3n) is 5.64. The van der Waals surface area contributed by atoms with Gasteiger partial charge in [-0.25, -0.2) is 4.98 Å². The minimum Gasteiger partial charge on any atom is -0.450 e. The van der Waals surface area contributed by atoms with Crippen molar-refractivity contribution < 1.29 is 22.8 Å². The number of nitro groups is 1. The summed E-state index contributed by atoms with van der Waals surface area (Å²) in [4.78, 5) is 32.5. The number of benzene rings is 2. The lowest BCUT2D eigenvalue weighted by Crippen LogP contribution is -2.11. The molecule has 0 atom stereocenters. The maximum absolute atomic E-state index is 13.0. The van der Waals surface area contributed by atoms with Gasteiger partial charge >= 0.3 is 11.9 Å². The second kappa shape index (κ2) is 8.24. The molecule has 0 fully saturated rings. The lowest BCUT2D eigenvalue weighted by Gasteiger charge is -2.11. The topological polar surface area (TPSA) is 98.1 Å². The summed E-state index contributed by atoms with van der Waals surface area (Å²) >= 11 is 1.51. The van der Waals surface area contributed by atoms with E-state index in [1.807, 2.05) is 0 Å². The van der Waals surface area contributed by atoms with E-state index in [9.17, 15) is 28.1 Å². The maximum atomic E-state index is 13.0. The normalized spacial score (nSPS) is 13.6. The van der Waals surface area contributed by atoms with Crippen molar-refractivity contribution in [2.75, 3.05) is 0 Å². The second-order valence-electron chi connectivity index (χ2n) is 7.87. The van der Waals surface area contributed by atoms with E-state index in [1.54, 1.807) is 12.1 Å². The van der Waals surface area contributed by atoms with Crippen LogP contribution in [0.25, 0.3) is 21.6 Å². The zero-order valence-corrected chi connectivity index (χ0v) is 18.3. The number of aromatic nitrogens is 2. The summed E-state index contributed by atoms with van der Waals surface area (Å²) in [6, 6.07) is 8.37. The van der Waals surface area contributed by atoms with Crippen LogP contribution in [0.4, 0.5) is 18.9 Å². The van der Waals surface area contributed by atoms with E-state index in [0.717, 1.165) is 43.4 Å². The van der Waals surface area contributed by atoms with Gasteiger partial charge in [-0.1, -0.05) is 12.1 Å². The molecular weight excluding hydrogens is 471 g/mol. The summed E-state index contributed by atoms with van der Waals surface area (Å²) in [5.41, 5.74) is -0.619. The first-order chi connectivity index (χ1) is 16.2. The summed E-state index contributed by atoms with van der Waals surface area (Å²) in [7, 11) is 0. The molecule has 2 heterocycles. The largest absolute Gasteiger partial charge is 0.450 e. The van der Waals surface area contributed by atoms with E-state index >= 15 is 0 Å². The van der Waals surface area contributed by atoms with Crippen molar-refractivity contribution >= 4 is 27.2 Å². The maximum Gasteiger partial charge on any atom is 0.416 e. The molecule has 174 valence electrons. The van der Waals surface area contributed by atoms with Gasteiger partial charge in [0.25, 0.3) is 5.56 Å². The minimum atomic E-state index is -4.72. The Morgan fingerprint density at radius 1 is 1.12 bits per heavy atom. The van der Waals surface area contributed by atoms with E-state index in [-0.39, 0.29) is 17.1 Å². The number of H-pyrrole nitrogens is 1. The van der Waals surface area contributed by atoms with Gasteiger partial charge in [-0.3, -0.25) is 14.9 Å². The Hall–Kier alpha value is -3.73. The smallest absolute Gasteiger partial charge is 0.416 e. The predicted molar refractivity (Wildman–Crippen MR) is 120 cm³/mol. The highest BCUT2D eigenvalue weighted by Crippen LogP contribution is 2.39. The number of ether oxygens (including phenoxy) is 1. The molecule has 0 aliphatic heterocycles. The van der Waals surface area contributed by atoms with Crippen molar-refractivity contribution in [3.8, 4) is 22.9 Å². The monoisotopic (exact) mass is 487 g/mol. The van der Waals surface area contributed by atoms with Crippen LogP contribution in [0.2, 0.25) is 0 Å². The van der Waals surface area contributed by atoms with E-state index in [1.165, 1.54) is 28.3 Å². The number of nitrogens with one attached hydrogen (secondary N) is 1. The number of alkyl halides is 3. The molecule has 1 aliphatic carbocycles. The fourth-order valence-electron chi connectivity index (χ4n) is 4.06. The highest BCUT2D eigenvalue weighted by molar-refractivity contribution is 7.18. The van der Waals surface area contributed by atoms with Crippen molar-refractivity contribution in [1.82, 2.24) is 9.97 Å². The first kappa shape index (κ1) is 22.1. The Balaban J connectivity index is 1.51. The Morgan fingerprint density at radius 2 is 1.91 bits per heavy atom. The van der Waals surface area contributed by atoms with Gasteiger partial charge in [0.15, 0.2) is 0 Å². The second-order valence-corrected chi connectivity index (χ2v) is 8.96. The molecule has 7 nitrogen and oxygen atoms in total. The Labute approximate surface area is 194 Å². The van der Waals surface area contributed by atoms with Gasteiger partial charge < -0.3 is 9.72 Å². The summed E-state index contributed by atoms with van der Waals surface area (Å²) in [6.45, 7) is 0. The molecule has 1 N–H and O–H groups in total. The summed E-state index contributed by atoms with van der Waals surface area (Å²) < 4.78 is 44.4. The molecule has 2 aromatic heterocycles. The molecule has 2 aromatic carbocycles. The van der Waals surface area contributed by atoms with Crippen molar-refractivity contribution in [1.29, 1.82) is 0 Å². The predicted octanol–water partition coefficient (Wildman–Crippen LogP) is 6.25. The van der Waals surface area contributed by atoms with Crippen LogP contribution in [-0.4, -0.2) is 14.9 Å². The van der Waals surface area contributed by atoms with Crippen LogP contribution in [0.15, 0.2) is 47.3 Å². The van der Waals surface area contributed by atoms with Gasteiger partial charge in [0.05, 0.1) is 15.9 Å². The molecule has 1 aliphatic rings. The van der Waals surface area contributed by atoms with Crippen LogP contribution in [0.5, 0.6) is 11.5 Å². The zero-order valence-electron chi connectivity index (χ0n) is 17.4. The van der Waals surface area contributed by atoms with Crippen LogP contribution in [0.1, 0.15) is 28.8 Å². The standard InChI is InChI=1S/C23H16F3N3O4S/c24-23(25,26)13-8-9-17(16(11-13)29(31)32)33-14-5-3-4-12(10-14)20-27-21(30)19-15-6-1-2-7-18(15)34-22(19)28-20/h3-5,8-11H,1-2,6-7H2,(H,27,28,30).